The van der Waals surface area contributed by atoms with Crippen LogP contribution in [-0.4, -0.2) is 25.0 Å². The minimum Gasteiger partial charge on any atom is -0.345 e. The largest absolute Gasteiger partial charge is 0.345 e. The molecule has 20 heavy (non-hydrogen) atoms. The molecule has 2 aromatic heterocycles. The molecule has 1 amide bonds. The zero-order valence-electron chi connectivity index (χ0n) is 11.4. The SMILES string of the molecule is Cn1ccnc1CNC(=O)c1ccc2c(c1)ncn2C. The summed E-state index contributed by atoms with van der Waals surface area (Å²) in [6.07, 6.45) is 5.29. The van der Waals surface area contributed by atoms with Crippen molar-refractivity contribution in [2.45, 2.75) is 6.54 Å². The molecular formula is C14H15N5O. The molecule has 2 heterocycles. The first kappa shape index (κ1) is 12.4. The first-order chi connectivity index (χ1) is 9.65. The van der Waals surface area contributed by atoms with Crippen molar-refractivity contribution in [3.8, 4) is 0 Å². The summed E-state index contributed by atoms with van der Waals surface area (Å²) < 4.78 is 3.80. The lowest BCUT2D eigenvalue weighted by molar-refractivity contribution is 0.0949. The second-order valence-corrected chi connectivity index (χ2v) is 4.70. The monoisotopic (exact) mass is 269 g/mol. The highest BCUT2D eigenvalue weighted by molar-refractivity contribution is 5.97. The number of nitrogens with one attached hydrogen (secondary N) is 1. The Bertz CT molecular complexity index is 771. The lowest BCUT2D eigenvalue weighted by Crippen LogP contribution is -2.24. The van der Waals surface area contributed by atoms with Gasteiger partial charge in [0.05, 0.1) is 23.9 Å². The van der Waals surface area contributed by atoms with Crippen LogP contribution in [0.2, 0.25) is 0 Å². The lowest BCUT2D eigenvalue weighted by Gasteiger charge is -2.05. The van der Waals surface area contributed by atoms with E-state index < -0.39 is 0 Å². The van der Waals surface area contributed by atoms with Crippen LogP contribution in [0.1, 0.15) is 16.2 Å². The fourth-order valence-electron chi connectivity index (χ4n) is 2.11. The van der Waals surface area contributed by atoms with Crippen molar-refractivity contribution in [1.29, 1.82) is 0 Å². The molecule has 1 N–H and O–H groups in total. The maximum absolute atomic E-state index is 12.1. The number of carbonyl (C=O) groups excluding carboxylic acids is 1. The van der Waals surface area contributed by atoms with E-state index in [4.69, 9.17) is 0 Å². The van der Waals surface area contributed by atoms with E-state index in [9.17, 15) is 4.79 Å². The fourth-order valence-corrected chi connectivity index (χ4v) is 2.11. The number of hydrogen-bond acceptors (Lipinski definition) is 3. The van der Waals surface area contributed by atoms with Gasteiger partial charge in [-0.2, -0.15) is 0 Å². The van der Waals surface area contributed by atoms with Crippen molar-refractivity contribution in [2.75, 3.05) is 0 Å². The number of amides is 1. The van der Waals surface area contributed by atoms with E-state index in [-0.39, 0.29) is 5.91 Å². The molecule has 3 rings (SSSR count). The van der Waals surface area contributed by atoms with Crippen molar-refractivity contribution in [2.24, 2.45) is 14.1 Å². The second-order valence-electron chi connectivity index (χ2n) is 4.70. The van der Waals surface area contributed by atoms with Crippen LogP contribution in [0.25, 0.3) is 11.0 Å². The first-order valence-corrected chi connectivity index (χ1v) is 6.30. The molecule has 6 heteroatoms. The molecule has 6 nitrogen and oxygen atoms in total. The number of nitrogens with zero attached hydrogens (tertiary/aromatic N) is 4. The Kier molecular flexibility index (Phi) is 2.98. The molecule has 0 saturated heterocycles. The summed E-state index contributed by atoms with van der Waals surface area (Å²) in [5.74, 6) is 0.692. The topological polar surface area (TPSA) is 64.7 Å². The number of aromatic nitrogens is 4. The van der Waals surface area contributed by atoms with Gasteiger partial charge in [-0.05, 0) is 18.2 Å². The number of carbonyl (C=O) groups is 1. The van der Waals surface area contributed by atoms with Gasteiger partial charge in [-0.3, -0.25) is 4.79 Å². The molecule has 0 radical (unpaired) electrons. The van der Waals surface area contributed by atoms with Crippen LogP contribution in [0.3, 0.4) is 0 Å². The third-order valence-corrected chi connectivity index (χ3v) is 3.32. The number of benzene rings is 1. The Morgan fingerprint density at radius 3 is 2.85 bits per heavy atom. The summed E-state index contributed by atoms with van der Waals surface area (Å²) in [6, 6.07) is 5.50. The standard InChI is InChI=1S/C14H15N5O/c1-18-6-5-15-13(18)8-16-14(20)10-3-4-12-11(7-10)17-9-19(12)2/h3-7,9H,8H2,1-2H3,(H,16,20). The number of imidazole rings is 2. The minimum absolute atomic E-state index is 0.124. The summed E-state index contributed by atoms with van der Waals surface area (Å²) in [4.78, 5) is 20.5. The Morgan fingerprint density at radius 2 is 2.10 bits per heavy atom. The number of hydrogen-bond donors (Lipinski definition) is 1. The summed E-state index contributed by atoms with van der Waals surface area (Å²) >= 11 is 0. The third kappa shape index (κ3) is 2.16. The lowest BCUT2D eigenvalue weighted by atomic mass is 10.2. The normalized spacial score (nSPS) is 10.9. The molecule has 0 atom stereocenters. The maximum Gasteiger partial charge on any atom is 0.251 e. The van der Waals surface area contributed by atoms with Crippen molar-refractivity contribution < 1.29 is 4.79 Å². The molecule has 0 aliphatic heterocycles. The predicted molar refractivity (Wildman–Crippen MR) is 75.1 cm³/mol. The highest BCUT2D eigenvalue weighted by atomic mass is 16.1. The van der Waals surface area contributed by atoms with Gasteiger partial charge in [-0.15, -0.1) is 0 Å². The van der Waals surface area contributed by atoms with Crippen LogP contribution in [0.4, 0.5) is 0 Å². The van der Waals surface area contributed by atoms with Gasteiger partial charge in [0.25, 0.3) is 5.91 Å². The fraction of sp³-hybridized carbons (Fsp3) is 0.214. The summed E-state index contributed by atoms with van der Waals surface area (Å²) in [5.41, 5.74) is 2.42. The van der Waals surface area contributed by atoms with E-state index in [1.165, 1.54) is 0 Å². The maximum atomic E-state index is 12.1. The van der Waals surface area contributed by atoms with E-state index in [2.05, 4.69) is 15.3 Å². The number of aryl methyl sites for hydroxylation is 2. The average Bonchev–Trinajstić information content (AvgIpc) is 3.02. The van der Waals surface area contributed by atoms with E-state index in [0.717, 1.165) is 16.9 Å². The quantitative estimate of drug-likeness (QED) is 0.778. The number of fused-ring (bicyclic) bond motifs is 1. The summed E-state index contributed by atoms with van der Waals surface area (Å²) in [6.45, 7) is 0.405. The molecule has 0 bridgehead atoms. The Morgan fingerprint density at radius 1 is 1.25 bits per heavy atom. The number of rotatable bonds is 3. The molecule has 1 aromatic carbocycles. The smallest absolute Gasteiger partial charge is 0.251 e. The average molecular weight is 269 g/mol. The summed E-state index contributed by atoms with van der Waals surface area (Å²) in [7, 11) is 3.82. The van der Waals surface area contributed by atoms with E-state index >= 15 is 0 Å². The second kappa shape index (κ2) is 4.80. The van der Waals surface area contributed by atoms with Crippen LogP contribution >= 0.6 is 0 Å². The Labute approximate surface area is 116 Å². The molecule has 0 fully saturated rings. The molecule has 0 aliphatic rings. The highest BCUT2D eigenvalue weighted by Crippen LogP contribution is 2.13. The zero-order chi connectivity index (χ0) is 14.1. The molecule has 3 aromatic rings. The van der Waals surface area contributed by atoms with Crippen LogP contribution < -0.4 is 5.32 Å². The van der Waals surface area contributed by atoms with Gasteiger partial charge in [0, 0.05) is 32.1 Å². The molecular weight excluding hydrogens is 254 g/mol. The van der Waals surface area contributed by atoms with Crippen molar-refractivity contribution in [3.05, 3.63) is 48.3 Å². The van der Waals surface area contributed by atoms with E-state index in [1.807, 2.05) is 35.5 Å². The summed E-state index contributed by atoms with van der Waals surface area (Å²) in [5, 5.41) is 2.86. The molecule has 0 unspecified atom stereocenters. The van der Waals surface area contributed by atoms with Crippen molar-refractivity contribution >= 4 is 16.9 Å². The van der Waals surface area contributed by atoms with Crippen LogP contribution in [0, 0.1) is 0 Å². The van der Waals surface area contributed by atoms with Gasteiger partial charge in [0.1, 0.15) is 5.82 Å². The molecule has 0 aliphatic carbocycles. The molecule has 102 valence electrons. The predicted octanol–water partition coefficient (Wildman–Crippen LogP) is 1.24. The van der Waals surface area contributed by atoms with Crippen molar-refractivity contribution in [1.82, 2.24) is 24.4 Å². The van der Waals surface area contributed by atoms with E-state index in [1.54, 1.807) is 24.7 Å². The van der Waals surface area contributed by atoms with Gasteiger partial charge in [0.15, 0.2) is 0 Å². The van der Waals surface area contributed by atoms with Crippen LogP contribution in [0.15, 0.2) is 36.9 Å². The minimum atomic E-state index is -0.124. The van der Waals surface area contributed by atoms with Crippen molar-refractivity contribution in [3.63, 3.8) is 0 Å². The Balaban J connectivity index is 1.77. The van der Waals surface area contributed by atoms with E-state index in [0.29, 0.717) is 12.1 Å². The van der Waals surface area contributed by atoms with Gasteiger partial charge in [0.2, 0.25) is 0 Å². The van der Waals surface area contributed by atoms with Crippen LogP contribution in [-0.2, 0) is 20.6 Å². The molecule has 0 saturated carbocycles. The Hall–Kier alpha value is -2.63. The van der Waals surface area contributed by atoms with Gasteiger partial charge >= 0.3 is 0 Å². The molecule has 0 spiro atoms. The van der Waals surface area contributed by atoms with Crippen LogP contribution in [0.5, 0.6) is 0 Å². The first-order valence-electron chi connectivity index (χ1n) is 6.30. The van der Waals surface area contributed by atoms with Gasteiger partial charge in [-0.25, -0.2) is 9.97 Å². The zero-order valence-corrected chi connectivity index (χ0v) is 11.4. The highest BCUT2D eigenvalue weighted by Gasteiger charge is 2.09. The van der Waals surface area contributed by atoms with Gasteiger partial charge < -0.3 is 14.5 Å². The van der Waals surface area contributed by atoms with Gasteiger partial charge in [-0.1, -0.05) is 0 Å². The third-order valence-electron chi connectivity index (χ3n) is 3.32.